The van der Waals surface area contributed by atoms with E-state index in [1.807, 2.05) is 0 Å². The van der Waals surface area contributed by atoms with Gasteiger partial charge in [0.1, 0.15) is 19.0 Å². The normalized spacial score (nSPS) is 16.7. The van der Waals surface area contributed by atoms with Gasteiger partial charge in [-0.05, 0) is 24.6 Å². The van der Waals surface area contributed by atoms with Crippen molar-refractivity contribution in [3.8, 4) is 5.75 Å². The van der Waals surface area contributed by atoms with Gasteiger partial charge in [-0.3, -0.25) is 14.4 Å². The Morgan fingerprint density at radius 3 is 2.88 bits per heavy atom. The summed E-state index contributed by atoms with van der Waals surface area (Å²) in [5, 5.41) is 2.75. The molecule has 1 aromatic carbocycles. The summed E-state index contributed by atoms with van der Waals surface area (Å²) in [6.45, 7) is 1.95. The van der Waals surface area contributed by atoms with Gasteiger partial charge in [-0.2, -0.15) is 0 Å². The van der Waals surface area contributed by atoms with Crippen molar-refractivity contribution in [1.82, 2.24) is 9.80 Å². The summed E-state index contributed by atoms with van der Waals surface area (Å²) in [6, 6.07) is 5.35. The van der Waals surface area contributed by atoms with Crippen molar-refractivity contribution in [3.05, 3.63) is 23.8 Å². The zero-order valence-electron chi connectivity index (χ0n) is 14.8. The third kappa shape index (κ3) is 4.32. The number of fused-ring (bicyclic) bond motifs is 1. The van der Waals surface area contributed by atoms with Crippen LogP contribution in [0.2, 0.25) is 0 Å². The fraction of sp³-hybridized carbons (Fsp3) is 0.500. The highest BCUT2D eigenvalue weighted by Gasteiger charge is 2.26. The molecular formula is C18H23N3O5. The van der Waals surface area contributed by atoms with E-state index in [1.165, 1.54) is 7.11 Å². The number of nitrogens with one attached hydrogen (secondary N) is 1. The number of hydrogen-bond donors (Lipinski definition) is 1. The molecule has 0 aliphatic carbocycles. The maximum atomic E-state index is 12.6. The largest absolute Gasteiger partial charge is 0.491 e. The predicted molar refractivity (Wildman–Crippen MR) is 93.7 cm³/mol. The van der Waals surface area contributed by atoms with E-state index in [0.717, 1.165) is 12.0 Å². The minimum absolute atomic E-state index is 0.0257. The summed E-state index contributed by atoms with van der Waals surface area (Å²) in [5.41, 5.74) is 1.44. The Bertz CT molecular complexity index is 706. The van der Waals surface area contributed by atoms with Crippen LogP contribution in [0.5, 0.6) is 5.75 Å². The van der Waals surface area contributed by atoms with E-state index in [2.05, 4.69) is 5.32 Å². The molecule has 2 aliphatic rings. The number of carbonyl (C=O) groups is 3. The van der Waals surface area contributed by atoms with Gasteiger partial charge in [-0.25, -0.2) is 0 Å². The molecule has 0 spiro atoms. The topological polar surface area (TPSA) is 88.2 Å². The maximum absolute atomic E-state index is 12.6. The van der Waals surface area contributed by atoms with Crippen LogP contribution in [0.25, 0.3) is 0 Å². The number of methoxy groups -OCH3 is 1. The molecule has 8 heteroatoms. The minimum Gasteiger partial charge on any atom is -0.491 e. The third-order valence-electron chi connectivity index (χ3n) is 4.45. The average molecular weight is 361 g/mol. The number of ether oxygens (including phenoxy) is 2. The molecule has 0 atom stereocenters. The summed E-state index contributed by atoms with van der Waals surface area (Å²) in [5.74, 6) is 0.392. The number of hydrogen-bond acceptors (Lipinski definition) is 5. The summed E-state index contributed by atoms with van der Waals surface area (Å²) in [6.07, 6.45) is 1.33. The molecule has 0 radical (unpaired) electrons. The first kappa shape index (κ1) is 18.2. The van der Waals surface area contributed by atoms with Gasteiger partial charge >= 0.3 is 0 Å². The fourth-order valence-electron chi connectivity index (χ4n) is 3.15. The Morgan fingerprint density at radius 1 is 1.31 bits per heavy atom. The molecule has 140 valence electrons. The van der Waals surface area contributed by atoms with Gasteiger partial charge in [-0.15, -0.1) is 0 Å². The van der Waals surface area contributed by atoms with E-state index >= 15 is 0 Å². The Kier molecular flexibility index (Phi) is 5.72. The Hall–Kier alpha value is -2.61. The molecule has 1 saturated heterocycles. The number of rotatable bonds is 5. The van der Waals surface area contributed by atoms with Crippen LogP contribution < -0.4 is 10.1 Å². The van der Waals surface area contributed by atoms with E-state index in [-0.39, 0.29) is 30.9 Å². The first-order chi connectivity index (χ1) is 12.6. The van der Waals surface area contributed by atoms with Gasteiger partial charge in [0, 0.05) is 37.9 Å². The molecule has 1 aromatic rings. The van der Waals surface area contributed by atoms with Crippen LogP contribution in [0.4, 0.5) is 5.69 Å². The van der Waals surface area contributed by atoms with Crippen LogP contribution in [0.15, 0.2) is 18.2 Å². The van der Waals surface area contributed by atoms with Gasteiger partial charge in [0.05, 0.1) is 13.1 Å². The Balaban J connectivity index is 1.68. The van der Waals surface area contributed by atoms with Crippen molar-refractivity contribution in [1.29, 1.82) is 0 Å². The summed E-state index contributed by atoms with van der Waals surface area (Å²) in [4.78, 5) is 39.3. The van der Waals surface area contributed by atoms with E-state index < -0.39 is 0 Å². The number of anilines is 1. The summed E-state index contributed by atoms with van der Waals surface area (Å²) in [7, 11) is 1.46. The fourth-order valence-corrected chi connectivity index (χ4v) is 3.15. The van der Waals surface area contributed by atoms with Gasteiger partial charge in [0.2, 0.25) is 17.7 Å². The SMILES string of the molecule is COCC(=O)Nc1ccc2c(c1)CN(C(=O)CN1CCCC1=O)CCO2. The lowest BCUT2D eigenvalue weighted by atomic mass is 10.1. The molecule has 1 fully saturated rings. The van der Waals surface area contributed by atoms with Crippen LogP contribution in [0.3, 0.4) is 0 Å². The second-order valence-electron chi connectivity index (χ2n) is 6.39. The van der Waals surface area contributed by atoms with Crippen molar-refractivity contribution < 1.29 is 23.9 Å². The van der Waals surface area contributed by atoms with Gasteiger partial charge < -0.3 is 24.6 Å². The van der Waals surface area contributed by atoms with Crippen molar-refractivity contribution in [2.45, 2.75) is 19.4 Å². The number of amides is 3. The lowest BCUT2D eigenvalue weighted by molar-refractivity contribution is -0.138. The molecule has 2 heterocycles. The standard InChI is InChI=1S/C18H23N3O5/c1-25-12-16(22)19-14-4-5-15-13(9-14)10-21(7-8-26-15)18(24)11-20-6-2-3-17(20)23/h4-5,9H,2-3,6-8,10-12H2,1H3,(H,19,22). The minimum atomic E-state index is -0.248. The second kappa shape index (κ2) is 8.18. The smallest absolute Gasteiger partial charge is 0.250 e. The molecule has 0 unspecified atom stereocenters. The highest BCUT2D eigenvalue weighted by Crippen LogP contribution is 2.26. The molecule has 8 nitrogen and oxygen atoms in total. The lowest BCUT2D eigenvalue weighted by Crippen LogP contribution is -2.41. The molecular weight excluding hydrogens is 338 g/mol. The molecule has 0 bridgehead atoms. The molecule has 3 amide bonds. The van der Waals surface area contributed by atoms with Crippen LogP contribution in [-0.4, -0.2) is 67.5 Å². The summed E-state index contributed by atoms with van der Waals surface area (Å²) >= 11 is 0. The molecule has 26 heavy (non-hydrogen) atoms. The molecule has 0 saturated carbocycles. The average Bonchev–Trinajstić information content (AvgIpc) is 2.89. The van der Waals surface area contributed by atoms with Crippen molar-refractivity contribution in [2.24, 2.45) is 0 Å². The first-order valence-electron chi connectivity index (χ1n) is 8.67. The molecule has 3 rings (SSSR count). The quantitative estimate of drug-likeness (QED) is 0.830. The number of nitrogens with zero attached hydrogens (tertiary/aromatic N) is 2. The van der Waals surface area contributed by atoms with Crippen molar-refractivity contribution in [3.63, 3.8) is 0 Å². The number of benzene rings is 1. The van der Waals surface area contributed by atoms with E-state index in [4.69, 9.17) is 9.47 Å². The number of likely N-dealkylation sites (tertiary alicyclic amines) is 1. The van der Waals surface area contributed by atoms with Crippen LogP contribution in [-0.2, 0) is 25.7 Å². The molecule has 1 N–H and O–H groups in total. The highest BCUT2D eigenvalue weighted by molar-refractivity contribution is 5.92. The predicted octanol–water partition coefficient (Wildman–Crippen LogP) is 0.615. The van der Waals surface area contributed by atoms with Gasteiger partial charge in [0.15, 0.2) is 0 Å². The van der Waals surface area contributed by atoms with Crippen molar-refractivity contribution in [2.75, 3.05) is 45.3 Å². The maximum Gasteiger partial charge on any atom is 0.250 e. The van der Waals surface area contributed by atoms with Crippen LogP contribution >= 0.6 is 0 Å². The zero-order chi connectivity index (χ0) is 18.5. The summed E-state index contributed by atoms with van der Waals surface area (Å²) < 4.78 is 10.5. The lowest BCUT2D eigenvalue weighted by Gasteiger charge is -2.23. The van der Waals surface area contributed by atoms with Crippen molar-refractivity contribution >= 4 is 23.4 Å². The van der Waals surface area contributed by atoms with Crippen LogP contribution in [0, 0.1) is 0 Å². The van der Waals surface area contributed by atoms with Gasteiger partial charge in [-0.1, -0.05) is 0 Å². The number of carbonyl (C=O) groups excluding carboxylic acids is 3. The highest BCUT2D eigenvalue weighted by atomic mass is 16.5. The van der Waals surface area contributed by atoms with E-state index in [0.29, 0.717) is 44.1 Å². The molecule has 2 aliphatic heterocycles. The first-order valence-corrected chi connectivity index (χ1v) is 8.67. The Morgan fingerprint density at radius 2 is 2.15 bits per heavy atom. The Labute approximate surface area is 152 Å². The molecule has 0 aromatic heterocycles. The third-order valence-corrected chi connectivity index (χ3v) is 4.45. The second-order valence-corrected chi connectivity index (χ2v) is 6.39. The monoisotopic (exact) mass is 361 g/mol. The van der Waals surface area contributed by atoms with Crippen LogP contribution in [0.1, 0.15) is 18.4 Å². The zero-order valence-corrected chi connectivity index (χ0v) is 14.8. The van der Waals surface area contributed by atoms with E-state index in [9.17, 15) is 14.4 Å². The van der Waals surface area contributed by atoms with E-state index in [1.54, 1.807) is 28.0 Å². The van der Waals surface area contributed by atoms with Gasteiger partial charge in [0.25, 0.3) is 0 Å².